The fourth-order valence-corrected chi connectivity index (χ4v) is 1.45. The summed E-state index contributed by atoms with van der Waals surface area (Å²) in [4.78, 5) is 15.6. The van der Waals surface area contributed by atoms with Crippen LogP contribution in [0.15, 0.2) is 12.4 Å². The predicted octanol–water partition coefficient (Wildman–Crippen LogP) is -0.532. The van der Waals surface area contributed by atoms with Gasteiger partial charge in [-0.25, -0.2) is 4.57 Å². The fraction of sp³-hybridized carbons (Fsp3) is 0.625. The highest BCUT2D eigenvalue weighted by Gasteiger charge is 2.23. The quantitative estimate of drug-likeness (QED) is 0.403. The molecule has 7 heteroatoms. The molecule has 0 unspecified atom stereocenters. The van der Waals surface area contributed by atoms with Gasteiger partial charge in [-0.3, -0.25) is 4.90 Å². The smallest absolute Gasteiger partial charge is 0.390 e. The second-order valence-electron chi connectivity index (χ2n) is 3.59. The molecule has 1 aromatic heterocycles. The molecule has 2 heterocycles. The average molecular weight is 212 g/mol. The van der Waals surface area contributed by atoms with Crippen molar-refractivity contribution in [2.75, 3.05) is 19.6 Å². The van der Waals surface area contributed by atoms with E-state index in [1.807, 2.05) is 0 Å². The maximum Gasteiger partial charge on any atom is 0.434 e. The molecule has 1 aliphatic heterocycles. The van der Waals surface area contributed by atoms with Crippen LogP contribution >= 0.6 is 0 Å². The van der Waals surface area contributed by atoms with Gasteiger partial charge in [-0.1, -0.05) is 4.98 Å². The zero-order valence-corrected chi connectivity index (χ0v) is 8.11. The fourth-order valence-electron chi connectivity index (χ4n) is 1.45. The number of β-amino-alcohol motifs (C(OH)–C–C–N with tert-alkyl or cyclic N) is 1. The highest BCUT2D eigenvalue weighted by molar-refractivity contribution is 5.06. The molecule has 1 aliphatic rings. The average Bonchev–Trinajstić information content (AvgIpc) is 2.82. The molecule has 0 aromatic carbocycles. The summed E-state index contributed by atoms with van der Waals surface area (Å²) in [5.74, 6) is -0.222. The summed E-state index contributed by atoms with van der Waals surface area (Å²) in [6.45, 7) is 2.79. The van der Waals surface area contributed by atoms with Crippen LogP contribution in [0.3, 0.4) is 0 Å². The molecular weight excluding hydrogens is 200 g/mol. The molecule has 0 aliphatic carbocycles. The first-order chi connectivity index (χ1) is 7.16. The Bertz CT molecular complexity index is 361. The lowest BCUT2D eigenvalue weighted by Gasteiger charge is -2.09. The maximum absolute atomic E-state index is 10.5. The molecule has 82 valence electrons. The van der Waals surface area contributed by atoms with E-state index in [1.54, 1.807) is 0 Å². The number of hydrogen-bond donors (Lipinski definition) is 1. The summed E-state index contributed by atoms with van der Waals surface area (Å²) in [5, 5.41) is 20.2. The van der Waals surface area contributed by atoms with Gasteiger partial charge >= 0.3 is 5.95 Å². The summed E-state index contributed by atoms with van der Waals surface area (Å²) in [7, 11) is 0. The molecule has 0 saturated carbocycles. The van der Waals surface area contributed by atoms with Crippen LogP contribution in [-0.2, 0) is 6.54 Å². The number of aromatic nitrogens is 2. The lowest BCUT2D eigenvalue weighted by Crippen LogP contribution is -2.24. The second-order valence-corrected chi connectivity index (χ2v) is 3.59. The maximum atomic E-state index is 10.5. The van der Waals surface area contributed by atoms with E-state index in [1.165, 1.54) is 17.0 Å². The summed E-state index contributed by atoms with van der Waals surface area (Å²) in [6.07, 6.45) is 2.28. The van der Waals surface area contributed by atoms with Crippen molar-refractivity contribution in [3.63, 3.8) is 0 Å². The minimum absolute atomic E-state index is 0.215. The van der Waals surface area contributed by atoms with Crippen molar-refractivity contribution in [3.8, 4) is 0 Å². The largest absolute Gasteiger partial charge is 0.434 e. The van der Waals surface area contributed by atoms with Crippen LogP contribution in [-0.4, -0.2) is 50.2 Å². The first-order valence-corrected chi connectivity index (χ1v) is 4.73. The molecule has 0 radical (unpaired) electrons. The van der Waals surface area contributed by atoms with Gasteiger partial charge in [-0.05, 0) is 4.92 Å². The molecule has 15 heavy (non-hydrogen) atoms. The Balaban J connectivity index is 1.96. The molecule has 1 fully saturated rings. The molecule has 1 N–H and O–H groups in total. The minimum Gasteiger partial charge on any atom is -0.390 e. The van der Waals surface area contributed by atoms with E-state index in [9.17, 15) is 15.2 Å². The number of aliphatic hydroxyl groups excluding tert-OH is 1. The van der Waals surface area contributed by atoms with E-state index in [4.69, 9.17) is 0 Å². The zero-order chi connectivity index (χ0) is 10.8. The summed E-state index contributed by atoms with van der Waals surface area (Å²) < 4.78 is 1.36. The third kappa shape index (κ3) is 2.51. The van der Waals surface area contributed by atoms with E-state index in [0.717, 1.165) is 13.1 Å². The molecule has 0 bridgehead atoms. The van der Waals surface area contributed by atoms with Crippen molar-refractivity contribution in [1.29, 1.82) is 0 Å². The van der Waals surface area contributed by atoms with Crippen molar-refractivity contribution in [3.05, 3.63) is 22.5 Å². The number of nitro groups is 1. The van der Waals surface area contributed by atoms with E-state index in [0.29, 0.717) is 6.54 Å². The Labute approximate surface area is 86.1 Å². The van der Waals surface area contributed by atoms with Crippen LogP contribution in [0, 0.1) is 10.1 Å². The van der Waals surface area contributed by atoms with Gasteiger partial charge in [0.15, 0.2) is 0 Å². The Kier molecular flexibility index (Phi) is 2.65. The van der Waals surface area contributed by atoms with Gasteiger partial charge in [0.25, 0.3) is 0 Å². The molecule has 1 aromatic rings. The zero-order valence-electron chi connectivity index (χ0n) is 8.11. The number of hydrogen-bond acceptors (Lipinski definition) is 5. The van der Waals surface area contributed by atoms with Crippen molar-refractivity contribution in [1.82, 2.24) is 14.5 Å². The van der Waals surface area contributed by atoms with Crippen LogP contribution < -0.4 is 0 Å². The highest BCUT2D eigenvalue weighted by atomic mass is 16.6. The van der Waals surface area contributed by atoms with Gasteiger partial charge in [0.1, 0.15) is 12.4 Å². The predicted molar refractivity (Wildman–Crippen MR) is 51.3 cm³/mol. The number of aliphatic hydroxyl groups is 1. The van der Waals surface area contributed by atoms with Crippen LogP contribution in [0.2, 0.25) is 0 Å². The second kappa shape index (κ2) is 3.95. The standard InChI is InChI=1S/C8H12N4O3/c13-7(5-10-3-4-10)6-11-2-1-9-8(11)12(14)15/h1-2,7,13H,3-6H2/t7-/m1/s1. The van der Waals surface area contributed by atoms with Gasteiger partial charge in [0, 0.05) is 19.6 Å². The number of imidazole rings is 1. The molecule has 0 amide bonds. The van der Waals surface area contributed by atoms with E-state index in [-0.39, 0.29) is 12.5 Å². The molecule has 1 saturated heterocycles. The third-order valence-electron chi connectivity index (χ3n) is 2.27. The first-order valence-electron chi connectivity index (χ1n) is 4.73. The van der Waals surface area contributed by atoms with Gasteiger partial charge in [-0.15, -0.1) is 0 Å². The minimum atomic E-state index is -0.583. The first kappa shape index (κ1) is 10.1. The monoisotopic (exact) mass is 212 g/mol. The molecule has 7 nitrogen and oxygen atoms in total. The molecule has 2 rings (SSSR count). The van der Waals surface area contributed by atoms with Gasteiger partial charge in [0.2, 0.25) is 0 Å². The van der Waals surface area contributed by atoms with E-state index < -0.39 is 11.0 Å². The summed E-state index contributed by atoms with van der Waals surface area (Å²) in [5.41, 5.74) is 0. The topological polar surface area (TPSA) is 84.2 Å². The van der Waals surface area contributed by atoms with Crippen molar-refractivity contribution >= 4 is 5.95 Å². The van der Waals surface area contributed by atoms with Crippen LogP contribution in [0.25, 0.3) is 0 Å². The van der Waals surface area contributed by atoms with Crippen LogP contribution in [0.1, 0.15) is 0 Å². The van der Waals surface area contributed by atoms with Crippen LogP contribution in [0.4, 0.5) is 5.95 Å². The molecule has 0 spiro atoms. The lowest BCUT2D eigenvalue weighted by molar-refractivity contribution is -0.397. The Morgan fingerprint density at radius 1 is 1.60 bits per heavy atom. The molecule has 1 atom stereocenters. The Morgan fingerprint density at radius 3 is 2.93 bits per heavy atom. The molecular formula is C8H12N4O3. The van der Waals surface area contributed by atoms with Gasteiger partial charge < -0.3 is 15.2 Å². The van der Waals surface area contributed by atoms with Crippen LogP contribution in [0.5, 0.6) is 0 Å². The third-order valence-corrected chi connectivity index (χ3v) is 2.27. The number of nitrogens with zero attached hydrogens (tertiary/aromatic N) is 4. The van der Waals surface area contributed by atoms with Crippen molar-refractivity contribution in [2.24, 2.45) is 0 Å². The Hall–Kier alpha value is -1.47. The normalized spacial score (nSPS) is 17.7. The van der Waals surface area contributed by atoms with Gasteiger partial charge in [0.05, 0.1) is 12.6 Å². The van der Waals surface area contributed by atoms with Crippen molar-refractivity contribution in [2.45, 2.75) is 12.6 Å². The van der Waals surface area contributed by atoms with E-state index in [2.05, 4.69) is 9.88 Å². The highest BCUT2D eigenvalue weighted by Crippen LogP contribution is 2.10. The lowest BCUT2D eigenvalue weighted by atomic mass is 10.3. The Morgan fingerprint density at radius 2 is 2.33 bits per heavy atom. The van der Waals surface area contributed by atoms with Gasteiger partial charge in [-0.2, -0.15) is 0 Å². The summed E-state index contributed by atoms with van der Waals surface area (Å²) in [6, 6.07) is 0. The SMILES string of the molecule is O=[N+]([O-])c1nccn1C[C@H](O)CN1CC1. The summed E-state index contributed by atoms with van der Waals surface area (Å²) >= 11 is 0. The van der Waals surface area contributed by atoms with E-state index >= 15 is 0 Å². The number of rotatable bonds is 5. The van der Waals surface area contributed by atoms with Crippen molar-refractivity contribution < 1.29 is 10.0 Å².